The van der Waals surface area contributed by atoms with Crippen LogP contribution in [0.4, 0.5) is 11.4 Å². The zero-order valence-corrected chi connectivity index (χ0v) is 31.0. The quantitative estimate of drug-likeness (QED) is 0.188. The van der Waals surface area contributed by atoms with Gasteiger partial charge in [0.05, 0.1) is 46.9 Å². The third-order valence-corrected chi connectivity index (χ3v) is 10.8. The number of hydrogen-bond donors (Lipinski definition) is 8. The molecule has 9 N–H and O–H groups in total. The van der Waals surface area contributed by atoms with Crippen LogP contribution in [0.5, 0.6) is 0 Å². The fourth-order valence-electron chi connectivity index (χ4n) is 7.53. The Kier molecular flexibility index (Phi) is 13.9. The van der Waals surface area contributed by atoms with Crippen LogP contribution in [-0.2, 0) is 19.0 Å². The van der Waals surface area contributed by atoms with Gasteiger partial charge in [0.2, 0.25) is 0 Å². The number of pyridine rings is 1. The van der Waals surface area contributed by atoms with E-state index in [1.54, 1.807) is 33.8 Å². The van der Waals surface area contributed by atoms with Crippen molar-refractivity contribution in [3.8, 4) is 0 Å². The summed E-state index contributed by atoms with van der Waals surface area (Å²) >= 11 is 0. The normalized spacial score (nSPS) is 43.3. The Bertz CT molecular complexity index is 1220. The molecule has 0 aromatic carbocycles. The fourth-order valence-corrected chi connectivity index (χ4v) is 7.53. The summed E-state index contributed by atoms with van der Waals surface area (Å²) in [6.45, 7) is 13.6. The summed E-state index contributed by atoms with van der Waals surface area (Å²) in [5.41, 5.74) is 1.50. The Balaban J connectivity index is 2.17. The Hall–Kier alpha value is -2.14. The lowest BCUT2D eigenvalue weighted by Gasteiger charge is -2.49. The molecular weight excluding hydrogens is 634 g/mol. The molecule has 0 radical (unpaired) electrons. The largest absolute Gasteiger partial charge is 0.459 e. The summed E-state index contributed by atoms with van der Waals surface area (Å²) in [7, 11) is 3.73. The second-order valence-corrected chi connectivity index (χ2v) is 15.3. The molecule has 3 rings (SSSR count). The van der Waals surface area contributed by atoms with Gasteiger partial charge >= 0.3 is 5.97 Å². The van der Waals surface area contributed by atoms with E-state index in [9.17, 15) is 30.3 Å². The summed E-state index contributed by atoms with van der Waals surface area (Å²) in [6.07, 6.45) is -2.21. The van der Waals surface area contributed by atoms with Crippen LogP contribution in [0.1, 0.15) is 74.7 Å². The fraction of sp³-hybridized carbons (Fsp3) is 0.829. The van der Waals surface area contributed by atoms with Gasteiger partial charge in [-0.25, -0.2) is 0 Å². The van der Waals surface area contributed by atoms with Crippen LogP contribution in [-0.4, -0.2) is 134 Å². The third kappa shape index (κ3) is 9.40. The van der Waals surface area contributed by atoms with E-state index in [4.69, 9.17) is 19.9 Å². The third-order valence-electron chi connectivity index (χ3n) is 10.8. The number of carbonyl (C=O) groups is 1. The second kappa shape index (κ2) is 16.5. The van der Waals surface area contributed by atoms with E-state index in [2.05, 4.69) is 15.6 Å². The number of aromatic nitrogens is 1. The summed E-state index contributed by atoms with van der Waals surface area (Å²) < 4.78 is 18.6. The molecule has 0 saturated carbocycles. The van der Waals surface area contributed by atoms with E-state index < -0.39 is 71.4 Å². The summed E-state index contributed by atoms with van der Waals surface area (Å²) in [6, 6.07) is 0.737. The number of nitrogens with two attached hydrogens (primary N) is 1. The monoisotopic (exact) mass is 697 g/mol. The van der Waals surface area contributed by atoms with Gasteiger partial charge in [0.1, 0.15) is 23.9 Å². The zero-order valence-electron chi connectivity index (χ0n) is 31.0. The van der Waals surface area contributed by atoms with Crippen molar-refractivity contribution in [1.29, 1.82) is 0 Å². The molecule has 1 aromatic rings. The van der Waals surface area contributed by atoms with Crippen molar-refractivity contribution >= 4 is 17.3 Å². The molecule has 2 aliphatic rings. The Morgan fingerprint density at radius 2 is 1.80 bits per heavy atom. The van der Waals surface area contributed by atoms with E-state index >= 15 is 0 Å². The van der Waals surface area contributed by atoms with Crippen LogP contribution >= 0.6 is 0 Å². The number of rotatable bonds is 7. The van der Waals surface area contributed by atoms with E-state index in [0.29, 0.717) is 24.3 Å². The number of nitrogens with one attached hydrogen (secondary N) is 2. The molecule has 3 heterocycles. The summed E-state index contributed by atoms with van der Waals surface area (Å²) in [5.74, 6) is -3.27. The second-order valence-electron chi connectivity index (χ2n) is 15.3. The molecule has 14 nitrogen and oxygen atoms in total. The average Bonchev–Trinajstić information content (AvgIpc) is 3.03. The first kappa shape index (κ1) is 41.3. The minimum Gasteiger partial charge on any atom is -0.459 e. The molecule has 49 heavy (non-hydrogen) atoms. The summed E-state index contributed by atoms with van der Waals surface area (Å²) in [4.78, 5) is 20.0. The predicted octanol–water partition coefficient (Wildman–Crippen LogP) is 1.09. The van der Waals surface area contributed by atoms with Gasteiger partial charge < -0.3 is 61.0 Å². The van der Waals surface area contributed by atoms with Gasteiger partial charge in [0, 0.05) is 30.7 Å². The van der Waals surface area contributed by atoms with Gasteiger partial charge in [-0.15, -0.1) is 0 Å². The average molecular weight is 698 g/mol. The minimum absolute atomic E-state index is 0.168. The van der Waals surface area contributed by atoms with Crippen LogP contribution in [0.25, 0.3) is 0 Å². The number of nitrogens with zero attached hydrogens (tertiary/aromatic N) is 2. The van der Waals surface area contributed by atoms with Crippen LogP contribution in [0, 0.1) is 17.8 Å². The number of carbonyl (C=O) groups excluding carboxylic acids is 1. The number of cyclic esters (lactones) is 1. The van der Waals surface area contributed by atoms with E-state index in [0.717, 1.165) is 0 Å². The molecule has 2 fully saturated rings. The summed E-state index contributed by atoms with van der Waals surface area (Å²) in [5, 5.41) is 65.7. The Morgan fingerprint density at radius 1 is 1.14 bits per heavy atom. The number of aliphatic hydroxyl groups excluding tert-OH is 2. The highest BCUT2D eigenvalue weighted by Gasteiger charge is 2.55. The van der Waals surface area contributed by atoms with Crippen LogP contribution < -0.4 is 16.4 Å². The molecule has 14 atom stereocenters. The maximum atomic E-state index is 14.0. The molecule has 0 bridgehead atoms. The van der Waals surface area contributed by atoms with Crippen molar-refractivity contribution in [1.82, 2.24) is 15.2 Å². The van der Waals surface area contributed by atoms with Crippen molar-refractivity contribution in [3.63, 3.8) is 0 Å². The van der Waals surface area contributed by atoms with Crippen molar-refractivity contribution in [2.24, 2.45) is 17.8 Å². The highest BCUT2D eigenvalue weighted by atomic mass is 16.7. The van der Waals surface area contributed by atoms with E-state index in [1.807, 2.05) is 32.8 Å². The van der Waals surface area contributed by atoms with Crippen molar-refractivity contribution in [2.45, 2.75) is 140 Å². The van der Waals surface area contributed by atoms with Gasteiger partial charge in [-0.1, -0.05) is 20.8 Å². The first-order valence-electron chi connectivity index (χ1n) is 17.5. The number of nitrogen functional groups attached to an aromatic ring is 1. The molecule has 14 heteroatoms. The maximum Gasteiger partial charge on any atom is 0.312 e. The van der Waals surface area contributed by atoms with Gasteiger partial charge in [0.15, 0.2) is 6.29 Å². The SMILES string of the molecule is CC[C@H]1OC(=O)C(C)[C@@](O)(CNc2ccncc2N)[C@H](C)[C@@H](O[C@@H]2O[C@H](C)C[C@H](N(C)C)[C@H]2O)[C@@](C)(O)C[C@@H](C)CN[C@H](C)[C@@H](O)[C@]1(C)O. The lowest BCUT2D eigenvalue weighted by atomic mass is 9.70. The van der Waals surface area contributed by atoms with Gasteiger partial charge in [-0.2, -0.15) is 0 Å². The number of hydrogen-bond acceptors (Lipinski definition) is 14. The first-order chi connectivity index (χ1) is 22.7. The number of aliphatic hydroxyl groups is 5. The molecule has 2 saturated heterocycles. The molecule has 0 amide bonds. The van der Waals surface area contributed by atoms with Crippen molar-refractivity contribution < 1.29 is 44.5 Å². The zero-order chi connectivity index (χ0) is 37.1. The number of ether oxygens (including phenoxy) is 3. The molecule has 1 unspecified atom stereocenters. The van der Waals surface area contributed by atoms with Crippen molar-refractivity contribution in [3.05, 3.63) is 18.5 Å². The maximum absolute atomic E-state index is 14.0. The molecule has 0 spiro atoms. The highest BCUT2D eigenvalue weighted by Crippen LogP contribution is 2.40. The van der Waals surface area contributed by atoms with Crippen LogP contribution in [0.15, 0.2) is 18.5 Å². The molecule has 1 aromatic heterocycles. The first-order valence-corrected chi connectivity index (χ1v) is 17.5. The Labute approximate surface area is 291 Å². The standard InChI is InChI=1S/C35H63N5O9/c1-11-27-34(8,45)29(42)23(6)38-16-19(2)15-33(7,44)30(49-32-28(41)26(40(9)10)14-20(3)47-32)21(4)35(46,22(5)31(43)48-27)18-39-25-12-13-37-17-24(25)36/h12-13,17,19-23,26-30,32,38,41-42,44-46H,11,14-16,18,36H2,1-10H3,(H,37,39)/t19-,20-,21-,22?,23-,26+,27-,28-,29-,30-,32+,33+,34-,35-/m1/s1. The molecule has 282 valence electrons. The lowest BCUT2D eigenvalue weighted by Crippen LogP contribution is -2.63. The van der Waals surface area contributed by atoms with Crippen LogP contribution in [0.3, 0.4) is 0 Å². The molecule has 2 aliphatic heterocycles. The van der Waals surface area contributed by atoms with Gasteiger partial charge in [-0.05, 0) is 86.5 Å². The molecule has 0 aliphatic carbocycles. The number of likely N-dealkylation sites (N-methyl/N-ethyl adjacent to an activating group) is 1. The van der Waals surface area contributed by atoms with Gasteiger partial charge in [-0.3, -0.25) is 9.78 Å². The predicted molar refractivity (Wildman–Crippen MR) is 186 cm³/mol. The lowest BCUT2D eigenvalue weighted by molar-refractivity contribution is -0.303. The topological polar surface area (TPSA) is 212 Å². The van der Waals surface area contributed by atoms with E-state index in [-0.39, 0.29) is 37.5 Å². The van der Waals surface area contributed by atoms with Crippen molar-refractivity contribution in [2.75, 3.05) is 38.2 Å². The molecular formula is C35H63N5O9. The van der Waals surface area contributed by atoms with E-state index in [1.165, 1.54) is 26.2 Å². The number of anilines is 2. The minimum atomic E-state index is -1.98. The highest BCUT2D eigenvalue weighted by molar-refractivity contribution is 5.74. The smallest absolute Gasteiger partial charge is 0.312 e. The number of esters is 1. The van der Waals surface area contributed by atoms with Crippen LogP contribution in [0.2, 0.25) is 0 Å². The van der Waals surface area contributed by atoms with Gasteiger partial charge in [0.25, 0.3) is 0 Å². The Morgan fingerprint density at radius 3 is 2.39 bits per heavy atom.